The summed E-state index contributed by atoms with van der Waals surface area (Å²) in [6.45, 7) is 0.498. The second-order valence-electron chi connectivity index (χ2n) is 6.69. The molecule has 9 heteroatoms. The van der Waals surface area contributed by atoms with Gasteiger partial charge in [0.2, 0.25) is 5.88 Å². The molecule has 0 saturated carbocycles. The van der Waals surface area contributed by atoms with Gasteiger partial charge in [-0.3, -0.25) is 0 Å². The fraction of sp³-hybridized carbons (Fsp3) is 0.190. The molecule has 0 saturated heterocycles. The quantitative estimate of drug-likeness (QED) is 0.484. The van der Waals surface area contributed by atoms with Gasteiger partial charge in [-0.15, -0.1) is 0 Å². The van der Waals surface area contributed by atoms with Gasteiger partial charge in [0.15, 0.2) is 0 Å². The molecule has 0 aromatic carbocycles. The van der Waals surface area contributed by atoms with Crippen molar-refractivity contribution in [2.75, 3.05) is 12.4 Å². The number of aromatic nitrogens is 4. The van der Waals surface area contributed by atoms with E-state index >= 15 is 0 Å². The van der Waals surface area contributed by atoms with E-state index in [-0.39, 0.29) is 0 Å². The van der Waals surface area contributed by atoms with Crippen LogP contribution in [0.3, 0.4) is 0 Å². The first-order valence-electron chi connectivity index (χ1n) is 9.14. The lowest BCUT2D eigenvalue weighted by molar-refractivity contribution is -0.137. The Kier molecular flexibility index (Phi) is 5.26. The third-order valence-corrected chi connectivity index (χ3v) is 4.67. The maximum absolute atomic E-state index is 13.0. The van der Waals surface area contributed by atoms with Crippen molar-refractivity contribution in [3.8, 4) is 5.88 Å². The van der Waals surface area contributed by atoms with Crippen LogP contribution >= 0.6 is 0 Å². The fourth-order valence-electron chi connectivity index (χ4n) is 3.14. The molecule has 0 bridgehead atoms. The van der Waals surface area contributed by atoms with E-state index in [0.717, 1.165) is 29.0 Å². The number of fused-ring (bicyclic) bond motifs is 1. The molecule has 0 aliphatic carbocycles. The molecule has 2 N–H and O–H groups in total. The van der Waals surface area contributed by atoms with Gasteiger partial charge in [-0.05, 0) is 29.3 Å². The van der Waals surface area contributed by atoms with Crippen molar-refractivity contribution in [2.45, 2.75) is 19.1 Å². The molecule has 6 nitrogen and oxygen atoms in total. The molecule has 30 heavy (non-hydrogen) atoms. The Labute approximate surface area is 170 Å². The number of hydrogen-bond donors (Lipinski definition) is 2. The summed E-state index contributed by atoms with van der Waals surface area (Å²) in [6, 6.07) is 8.57. The van der Waals surface area contributed by atoms with Crippen molar-refractivity contribution >= 4 is 16.9 Å². The number of nitrogens with zero attached hydrogens (tertiary/aromatic N) is 3. The zero-order chi connectivity index (χ0) is 21.1. The van der Waals surface area contributed by atoms with Crippen molar-refractivity contribution in [3.63, 3.8) is 0 Å². The third kappa shape index (κ3) is 4.19. The van der Waals surface area contributed by atoms with Gasteiger partial charge in [0, 0.05) is 48.7 Å². The number of halogens is 3. The number of rotatable bonds is 6. The van der Waals surface area contributed by atoms with Gasteiger partial charge in [0.25, 0.3) is 0 Å². The summed E-state index contributed by atoms with van der Waals surface area (Å²) in [7, 11) is 1.57. The van der Waals surface area contributed by atoms with Gasteiger partial charge in [-0.1, -0.05) is 12.1 Å². The number of ether oxygens (including phenoxy) is 1. The highest BCUT2D eigenvalue weighted by atomic mass is 19.4. The second kappa shape index (κ2) is 8.02. The molecule has 154 valence electrons. The van der Waals surface area contributed by atoms with E-state index in [4.69, 9.17) is 4.74 Å². The zero-order valence-electron chi connectivity index (χ0n) is 16.0. The molecule has 0 radical (unpaired) electrons. The normalized spacial score (nSPS) is 11.6. The molecular weight excluding hydrogens is 395 g/mol. The van der Waals surface area contributed by atoms with Crippen LogP contribution < -0.4 is 10.1 Å². The molecular formula is C21H18F3N5O. The standard InChI is InChI=1S/C21H18F3N5O/c1-30-20-14(3-2-6-25-20)10-27-18-5-4-13(9-26-18)7-15-11-28-19-17(15)8-16(12-29-19)21(22,23)24/h2-6,8-9,11-12H,7,10H2,1H3,(H,26,27)(H,28,29). The first-order chi connectivity index (χ1) is 14.4. The van der Waals surface area contributed by atoms with Gasteiger partial charge in [0.05, 0.1) is 12.7 Å². The average molecular weight is 413 g/mol. The largest absolute Gasteiger partial charge is 0.481 e. The summed E-state index contributed by atoms with van der Waals surface area (Å²) < 4.78 is 44.2. The summed E-state index contributed by atoms with van der Waals surface area (Å²) in [5, 5.41) is 3.66. The van der Waals surface area contributed by atoms with Crippen molar-refractivity contribution in [1.82, 2.24) is 19.9 Å². The maximum atomic E-state index is 13.0. The molecule has 0 aliphatic rings. The molecule has 0 aliphatic heterocycles. The number of anilines is 1. The lowest BCUT2D eigenvalue weighted by Crippen LogP contribution is -2.05. The smallest absolute Gasteiger partial charge is 0.417 e. The zero-order valence-corrected chi connectivity index (χ0v) is 16.0. The maximum Gasteiger partial charge on any atom is 0.417 e. The van der Waals surface area contributed by atoms with E-state index in [9.17, 15) is 13.2 Å². The summed E-state index contributed by atoms with van der Waals surface area (Å²) >= 11 is 0. The number of pyridine rings is 3. The van der Waals surface area contributed by atoms with Crippen LogP contribution in [0.15, 0.2) is 55.1 Å². The highest BCUT2D eigenvalue weighted by Crippen LogP contribution is 2.31. The van der Waals surface area contributed by atoms with Crippen molar-refractivity contribution in [3.05, 3.63) is 77.4 Å². The number of aromatic amines is 1. The average Bonchev–Trinajstić information content (AvgIpc) is 3.15. The second-order valence-corrected chi connectivity index (χ2v) is 6.69. The molecule has 4 aromatic heterocycles. The van der Waals surface area contributed by atoms with E-state index < -0.39 is 11.7 Å². The Morgan fingerprint density at radius 2 is 1.93 bits per heavy atom. The van der Waals surface area contributed by atoms with Crippen molar-refractivity contribution < 1.29 is 17.9 Å². The molecule has 0 atom stereocenters. The minimum Gasteiger partial charge on any atom is -0.481 e. The van der Waals surface area contributed by atoms with Crippen LogP contribution in [0.4, 0.5) is 19.0 Å². The van der Waals surface area contributed by atoms with Crippen molar-refractivity contribution in [2.24, 2.45) is 0 Å². The van der Waals surface area contributed by atoms with Gasteiger partial charge in [0.1, 0.15) is 11.5 Å². The minimum absolute atomic E-state index is 0.426. The number of alkyl halides is 3. The Morgan fingerprint density at radius 3 is 2.67 bits per heavy atom. The van der Waals surface area contributed by atoms with E-state index in [1.54, 1.807) is 25.7 Å². The molecule has 0 unspecified atom stereocenters. The molecule has 0 spiro atoms. The predicted molar refractivity (Wildman–Crippen MR) is 106 cm³/mol. The van der Waals surface area contributed by atoms with Crippen LogP contribution in [0.5, 0.6) is 5.88 Å². The van der Waals surface area contributed by atoms with E-state index in [1.807, 2.05) is 24.3 Å². The number of hydrogen-bond acceptors (Lipinski definition) is 5. The van der Waals surface area contributed by atoms with Crippen LogP contribution in [-0.4, -0.2) is 27.0 Å². The Hall–Kier alpha value is -3.62. The van der Waals surface area contributed by atoms with Crippen LogP contribution in [-0.2, 0) is 19.1 Å². The Balaban J connectivity index is 1.47. The van der Waals surface area contributed by atoms with E-state index in [2.05, 4.69) is 25.3 Å². The van der Waals surface area contributed by atoms with Crippen LogP contribution in [0.2, 0.25) is 0 Å². The van der Waals surface area contributed by atoms with Gasteiger partial charge < -0.3 is 15.0 Å². The van der Waals surface area contributed by atoms with Gasteiger partial charge in [-0.25, -0.2) is 15.0 Å². The third-order valence-electron chi connectivity index (χ3n) is 4.67. The van der Waals surface area contributed by atoms with Gasteiger partial charge >= 0.3 is 6.18 Å². The van der Waals surface area contributed by atoms with E-state index in [0.29, 0.717) is 35.7 Å². The first-order valence-corrected chi connectivity index (χ1v) is 9.14. The predicted octanol–water partition coefficient (Wildman–Crippen LogP) is 4.58. The molecule has 0 amide bonds. The van der Waals surface area contributed by atoms with Gasteiger partial charge in [-0.2, -0.15) is 13.2 Å². The van der Waals surface area contributed by atoms with Crippen molar-refractivity contribution in [1.29, 1.82) is 0 Å². The highest BCUT2D eigenvalue weighted by Gasteiger charge is 2.31. The summed E-state index contributed by atoms with van der Waals surface area (Å²) in [6.07, 6.45) is 1.88. The highest BCUT2D eigenvalue weighted by molar-refractivity contribution is 5.80. The summed E-state index contributed by atoms with van der Waals surface area (Å²) in [5.74, 6) is 1.22. The van der Waals surface area contributed by atoms with Crippen LogP contribution in [0, 0.1) is 0 Å². The number of H-pyrrole nitrogens is 1. The minimum atomic E-state index is -4.43. The monoisotopic (exact) mass is 413 g/mol. The molecule has 4 aromatic rings. The lowest BCUT2D eigenvalue weighted by atomic mass is 10.1. The Morgan fingerprint density at radius 1 is 1.07 bits per heavy atom. The first kappa shape index (κ1) is 19.7. The lowest BCUT2D eigenvalue weighted by Gasteiger charge is -2.09. The molecule has 4 heterocycles. The fourth-order valence-corrected chi connectivity index (χ4v) is 3.14. The SMILES string of the molecule is COc1ncccc1CNc1ccc(Cc2c[nH]c3ncc(C(F)(F)F)cc23)cn1. The summed E-state index contributed by atoms with van der Waals surface area (Å²) in [5.41, 5.74) is 2.16. The van der Waals surface area contributed by atoms with Crippen LogP contribution in [0.1, 0.15) is 22.3 Å². The number of nitrogens with one attached hydrogen (secondary N) is 2. The number of methoxy groups -OCH3 is 1. The topological polar surface area (TPSA) is 75.7 Å². The Bertz CT molecular complexity index is 1160. The van der Waals surface area contributed by atoms with E-state index in [1.165, 1.54) is 0 Å². The molecule has 4 rings (SSSR count). The molecule has 0 fully saturated rings. The summed E-state index contributed by atoms with van der Waals surface area (Å²) in [4.78, 5) is 15.3. The van der Waals surface area contributed by atoms with Crippen LogP contribution in [0.25, 0.3) is 11.0 Å².